The van der Waals surface area contributed by atoms with Crippen molar-refractivity contribution in [2.24, 2.45) is 5.73 Å². The number of aromatic nitrogens is 2. The second-order valence-corrected chi connectivity index (χ2v) is 4.42. The zero-order chi connectivity index (χ0) is 12.8. The first-order valence-electron chi connectivity index (χ1n) is 6.48. The van der Waals surface area contributed by atoms with Crippen LogP contribution in [0.15, 0.2) is 24.3 Å². The molecule has 96 valence electrons. The summed E-state index contributed by atoms with van der Waals surface area (Å²) in [5, 5.41) is 3.35. The Balaban J connectivity index is 2.01. The quantitative estimate of drug-likeness (QED) is 0.766. The lowest BCUT2D eigenvalue weighted by molar-refractivity contribution is 0.706. The molecule has 0 bridgehead atoms. The number of rotatable bonds is 6. The summed E-state index contributed by atoms with van der Waals surface area (Å²) in [5.41, 5.74) is 8.30. The van der Waals surface area contributed by atoms with Crippen molar-refractivity contribution in [3.05, 3.63) is 30.0 Å². The smallest absolute Gasteiger partial charge is 0.148 e. The molecular weight excluding hydrogens is 224 g/mol. The van der Waals surface area contributed by atoms with Crippen molar-refractivity contribution in [1.29, 1.82) is 0 Å². The third-order valence-electron chi connectivity index (χ3n) is 2.92. The number of hydrogen-bond acceptors (Lipinski definition) is 4. The summed E-state index contributed by atoms with van der Waals surface area (Å²) in [4.78, 5) is 9.14. The van der Waals surface area contributed by atoms with Crippen LogP contribution in [0.2, 0.25) is 0 Å². The van der Waals surface area contributed by atoms with E-state index in [2.05, 4.69) is 15.3 Å². The Kier molecular flexibility index (Phi) is 4.47. The Morgan fingerprint density at radius 2 is 1.78 bits per heavy atom. The highest BCUT2D eigenvalue weighted by Crippen LogP contribution is 2.15. The van der Waals surface area contributed by atoms with Gasteiger partial charge in [0, 0.05) is 6.54 Å². The van der Waals surface area contributed by atoms with E-state index in [-0.39, 0.29) is 0 Å². The van der Waals surface area contributed by atoms with E-state index in [1.54, 1.807) is 0 Å². The lowest BCUT2D eigenvalue weighted by Gasteiger charge is -2.09. The number of aryl methyl sites for hydroxylation is 1. The van der Waals surface area contributed by atoms with E-state index in [1.165, 1.54) is 0 Å². The number of anilines is 1. The van der Waals surface area contributed by atoms with Gasteiger partial charge in [0.25, 0.3) is 0 Å². The monoisotopic (exact) mass is 244 g/mol. The van der Waals surface area contributed by atoms with E-state index >= 15 is 0 Å². The zero-order valence-electron chi connectivity index (χ0n) is 10.8. The van der Waals surface area contributed by atoms with Crippen LogP contribution in [-0.4, -0.2) is 23.1 Å². The molecule has 0 aliphatic carbocycles. The molecule has 1 aromatic carbocycles. The maximum Gasteiger partial charge on any atom is 0.148 e. The minimum Gasteiger partial charge on any atom is -0.369 e. The lowest BCUT2D eigenvalue weighted by Crippen LogP contribution is -2.07. The largest absolute Gasteiger partial charge is 0.369 e. The number of unbranched alkanes of at least 4 members (excludes halogenated alkanes) is 2. The molecule has 1 heterocycles. The van der Waals surface area contributed by atoms with Gasteiger partial charge < -0.3 is 11.1 Å². The van der Waals surface area contributed by atoms with Gasteiger partial charge in [0.1, 0.15) is 5.82 Å². The summed E-state index contributed by atoms with van der Waals surface area (Å²) < 4.78 is 0. The molecule has 0 atom stereocenters. The highest BCUT2D eigenvalue weighted by molar-refractivity contribution is 5.76. The van der Waals surface area contributed by atoms with Crippen LogP contribution < -0.4 is 11.1 Å². The molecule has 18 heavy (non-hydrogen) atoms. The van der Waals surface area contributed by atoms with Gasteiger partial charge in [-0.15, -0.1) is 0 Å². The standard InChI is InChI=1S/C14H20N4/c1-11-14(16-10-6-2-5-9-15)18-13-8-4-3-7-12(13)17-11/h3-4,7-8H,2,5-6,9-10,15H2,1H3,(H,16,18). The van der Waals surface area contributed by atoms with Crippen molar-refractivity contribution >= 4 is 16.9 Å². The summed E-state index contributed by atoms with van der Waals surface area (Å²) >= 11 is 0. The number of hydrogen-bond donors (Lipinski definition) is 2. The molecule has 2 aromatic rings. The number of nitrogens with two attached hydrogens (primary N) is 1. The molecule has 0 aliphatic rings. The molecule has 0 unspecified atom stereocenters. The topological polar surface area (TPSA) is 63.8 Å². The molecular formula is C14H20N4. The predicted molar refractivity (Wildman–Crippen MR) is 75.7 cm³/mol. The summed E-state index contributed by atoms with van der Waals surface area (Å²) in [6.45, 7) is 3.68. The van der Waals surface area contributed by atoms with Gasteiger partial charge in [-0.1, -0.05) is 18.6 Å². The minimum absolute atomic E-state index is 0.773. The van der Waals surface area contributed by atoms with Gasteiger partial charge in [-0.2, -0.15) is 0 Å². The molecule has 0 amide bonds. The highest BCUT2D eigenvalue weighted by Gasteiger charge is 2.03. The molecule has 1 aromatic heterocycles. The van der Waals surface area contributed by atoms with Gasteiger partial charge in [0.2, 0.25) is 0 Å². The first kappa shape index (κ1) is 12.8. The van der Waals surface area contributed by atoms with Crippen molar-refractivity contribution in [1.82, 2.24) is 9.97 Å². The van der Waals surface area contributed by atoms with Gasteiger partial charge in [0.05, 0.1) is 16.7 Å². The summed E-state index contributed by atoms with van der Waals surface area (Å²) in [5.74, 6) is 0.890. The Morgan fingerprint density at radius 3 is 2.50 bits per heavy atom. The van der Waals surface area contributed by atoms with Crippen molar-refractivity contribution in [2.75, 3.05) is 18.4 Å². The fourth-order valence-electron chi connectivity index (χ4n) is 1.91. The Labute approximate surface area is 108 Å². The molecule has 0 fully saturated rings. The van der Waals surface area contributed by atoms with Crippen molar-refractivity contribution in [3.63, 3.8) is 0 Å². The van der Waals surface area contributed by atoms with Gasteiger partial charge in [-0.25, -0.2) is 9.97 Å². The molecule has 0 saturated heterocycles. The van der Waals surface area contributed by atoms with E-state index in [4.69, 9.17) is 5.73 Å². The molecule has 0 spiro atoms. The van der Waals surface area contributed by atoms with Crippen molar-refractivity contribution < 1.29 is 0 Å². The Hall–Kier alpha value is -1.68. The van der Waals surface area contributed by atoms with E-state index in [0.29, 0.717) is 0 Å². The normalized spacial score (nSPS) is 10.8. The molecule has 4 nitrogen and oxygen atoms in total. The average molecular weight is 244 g/mol. The first-order valence-corrected chi connectivity index (χ1v) is 6.48. The number of benzene rings is 1. The fraction of sp³-hybridized carbons (Fsp3) is 0.429. The first-order chi connectivity index (χ1) is 8.81. The SMILES string of the molecule is Cc1nc2ccccc2nc1NCCCCCN. The van der Waals surface area contributed by atoms with Crippen LogP contribution in [0.1, 0.15) is 25.0 Å². The number of nitrogens with one attached hydrogen (secondary N) is 1. The number of nitrogens with zero attached hydrogens (tertiary/aromatic N) is 2. The molecule has 3 N–H and O–H groups in total. The maximum absolute atomic E-state index is 5.47. The van der Waals surface area contributed by atoms with Crippen LogP contribution in [-0.2, 0) is 0 Å². The predicted octanol–water partition coefficient (Wildman–Crippen LogP) is 2.48. The Morgan fingerprint density at radius 1 is 1.06 bits per heavy atom. The maximum atomic E-state index is 5.47. The Bertz CT molecular complexity index is 510. The van der Waals surface area contributed by atoms with E-state index < -0.39 is 0 Å². The summed E-state index contributed by atoms with van der Waals surface area (Å²) in [7, 11) is 0. The lowest BCUT2D eigenvalue weighted by atomic mass is 10.2. The molecule has 0 aliphatic heterocycles. The van der Waals surface area contributed by atoms with Crippen molar-refractivity contribution in [2.45, 2.75) is 26.2 Å². The summed E-state index contributed by atoms with van der Waals surface area (Å²) in [6.07, 6.45) is 3.36. The highest BCUT2D eigenvalue weighted by atomic mass is 15.0. The molecule has 4 heteroatoms. The van der Waals surface area contributed by atoms with Crippen LogP contribution >= 0.6 is 0 Å². The van der Waals surface area contributed by atoms with Crippen LogP contribution in [0, 0.1) is 6.92 Å². The van der Waals surface area contributed by atoms with Crippen LogP contribution in [0.25, 0.3) is 11.0 Å². The minimum atomic E-state index is 0.773. The zero-order valence-corrected chi connectivity index (χ0v) is 10.8. The van der Waals surface area contributed by atoms with Gasteiger partial charge in [0.15, 0.2) is 0 Å². The van der Waals surface area contributed by atoms with Crippen molar-refractivity contribution in [3.8, 4) is 0 Å². The van der Waals surface area contributed by atoms with E-state index in [9.17, 15) is 0 Å². The van der Waals surface area contributed by atoms with E-state index in [1.807, 2.05) is 31.2 Å². The molecule has 0 radical (unpaired) electrons. The van der Waals surface area contributed by atoms with Gasteiger partial charge >= 0.3 is 0 Å². The summed E-state index contributed by atoms with van der Waals surface area (Å²) in [6, 6.07) is 7.94. The molecule has 2 rings (SSSR count). The van der Waals surface area contributed by atoms with Gasteiger partial charge in [-0.3, -0.25) is 0 Å². The second kappa shape index (κ2) is 6.31. The fourth-order valence-corrected chi connectivity index (χ4v) is 1.91. The third kappa shape index (κ3) is 3.17. The number of fused-ring (bicyclic) bond motifs is 1. The van der Waals surface area contributed by atoms with Gasteiger partial charge in [-0.05, 0) is 38.4 Å². The molecule has 0 saturated carbocycles. The number of para-hydroxylation sites is 2. The second-order valence-electron chi connectivity index (χ2n) is 4.42. The van der Waals surface area contributed by atoms with Crippen LogP contribution in [0.3, 0.4) is 0 Å². The third-order valence-corrected chi connectivity index (χ3v) is 2.92. The average Bonchev–Trinajstić information content (AvgIpc) is 2.39. The van der Waals surface area contributed by atoms with E-state index in [0.717, 1.165) is 54.9 Å². The van der Waals surface area contributed by atoms with Crippen LogP contribution in [0.4, 0.5) is 5.82 Å². The van der Waals surface area contributed by atoms with Crippen LogP contribution in [0.5, 0.6) is 0 Å².